The van der Waals surface area contributed by atoms with E-state index in [1.54, 1.807) is 0 Å². The molecule has 0 spiro atoms. The number of rotatable bonds is 2. The highest BCUT2D eigenvalue weighted by molar-refractivity contribution is 14.1. The highest BCUT2D eigenvalue weighted by Gasteiger charge is 2.53. The summed E-state index contributed by atoms with van der Waals surface area (Å²) in [6.45, 7) is 7.45. The molecule has 1 aromatic rings. The SMILES string of the molecule is CC(C)(C)[C@H]1COC(C2(c3ccccc3I)CC2)=N1. The Morgan fingerprint density at radius 3 is 2.47 bits per heavy atom. The highest BCUT2D eigenvalue weighted by Crippen LogP contribution is 2.52. The van der Waals surface area contributed by atoms with E-state index in [0.717, 1.165) is 12.5 Å². The van der Waals surface area contributed by atoms with Crippen LogP contribution < -0.4 is 0 Å². The summed E-state index contributed by atoms with van der Waals surface area (Å²) in [7, 11) is 0. The third-order valence-electron chi connectivity index (χ3n) is 4.20. The smallest absolute Gasteiger partial charge is 0.194 e. The average molecular weight is 369 g/mol. The van der Waals surface area contributed by atoms with Gasteiger partial charge in [0, 0.05) is 3.57 Å². The second-order valence-electron chi connectivity index (χ2n) is 6.69. The van der Waals surface area contributed by atoms with Crippen molar-refractivity contribution in [2.24, 2.45) is 10.4 Å². The Bertz CT molecular complexity index is 526. The maximum absolute atomic E-state index is 5.98. The minimum atomic E-state index is 0.0811. The molecule has 1 saturated carbocycles. The number of benzene rings is 1. The largest absolute Gasteiger partial charge is 0.478 e. The Morgan fingerprint density at radius 1 is 1.26 bits per heavy atom. The van der Waals surface area contributed by atoms with Crippen LogP contribution in [0.1, 0.15) is 39.2 Å². The van der Waals surface area contributed by atoms with Crippen molar-refractivity contribution in [2.75, 3.05) is 6.61 Å². The first-order valence-electron chi connectivity index (χ1n) is 6.89. The molecule has 1 aliphatic heterocycles. The maximum Gasteiger partial charge on any atom is 0.194 e. The number of hydrogen-bond acceptors (Lipinski definition) is 2. The van der Waals surface area contributed by atoms with Crippen molar-refractivity contribution in [1.29, 1.82) is 0 Å². The molecule has 1 atom stereocenters. The highest BCUT2D eigenvalue weighted by atomic mass is 127. The fourth-order valence-corrected chi connectivity index (χ4v) is 3.56. The van der Waals surface area contributed by atoms with E-state index in [1.807, 2.05) is 0 Å². The summed E-state index contributed by atoms with van der Waals surface area (Å²) in [5.74, 6) is 0.983. The van der Waals surface area contributed by atoms with Gasteiger partial charge in [0.25, 0.3) is 0 Å². The lowest BCUT2D eigenvalue weighted by molar-refractivity contribution is 0.230. The summed E-state index contributed by atoms with van der Waals surface area (Å²) in [5.41, 5.74) is 1.66. The predicted octanol–water partition coefficient (Wildman–Crippen LogP) is 4.17. The summed E-state index contributed by atoms with van der Waals surface area (Å²) in [6, 6.07) is 8.91. The van der Waals surface area contributed by atoms with Crippen LogP contribution in [-0.2, 0) is 10.2 Å². The third-order valence-corrected chi connectivity index (χ3v) is 5.14. The minimum absolute atomic E-state index is 0.0811. The fourth-order valence-electron chi connectivity index (χ4n) is 2.65. The molecule has 19 heavy (non-hydrogen) atoms. The van der Waals surface area contributed by atoms with Gasteiger partial charge in [0.15, 0.2) is 5.90 Å². The van der Waals surface area contributed by atoms with Crippen LogP contribution in [0.3, 0.4) is 0 Å². The van der Waals surface area contributed by atoms with Crippen LogP contribution in [0.2, 0.25) is 0 Å². The summed E-state index contributed by atoms with van der Waals surface area (Å²) in [5, 5.41) is 0. The molecule has 0 radical (unpaired) electrons. The Morgan fingerprint density at radius 2 is 1.95 bits per heavy atom. The van der Waals surface area contributed by atoms with E-state index < -0.39 is 0 Å². The van der Waals surface area contributed by atoms with Crippen LogP contribution in [-0.4, -0.2) is 18.5 Å². The van der Waals surface area contributed by atoms with Crippen LogP contribution in [0.5, 0.6) is 0 Å². The zero-order valence-electron chi connectivity index (χ0n) is 11.7. The summed E-state index contributed by atoms with van der Waals surface area (Å²) in [6.07, 6.45) is 2.34. The van der Waals surface area contributed by atoms with E-state index in [1.165, 1.54) is 22.0 Å². The normalized spacial score (nSPS) is 24.8. The van der Waals surface area contributed by atoms with Crippen molar-refractivity contribution in [2.45, 2.75) is 45.1 Å². The van der Waals surface area contributed by atoms with Crippen LogP contribution in [0.25, 0.3) is 0 Å². The summed E-state index contributed by atoms with van der Waals surface area (Å²) in [4.78, 5) is 4.90. The van der Waals surface area contributed by atoms with Crippen molar-refractivity contribution in [3.8, 4) is 0 Å². The number of nitrogens with zero attached hydrogens (tertiary/aromatic N) is 1. The van der Waals surface area contributed by atoms with Crippen LogP contribution in [0.4, 0.5) is 0 Å². The molecule has 1 heterocycles. The van der Waals surface area contributed by atoms with Crippen LogP contribution in [0, 0.1) is 8.99 Å². The lowest BCUT2D eigenvalue weighted by Crippen LogP contribution is -2.25. The van der Waals surface area contributed by atoms with Crippen molar-refractivity contribution < 1.29 is 4.74 Å². The average Bonchev–Trinajstić information content (AvgIpc) is 2.98. The van der Waals surface area contributed by atoms with Crippen molar-refractivity contribution in [1.82, 2.24) is 0 Å². The zero-order valence-corrected chi connectivity index (χ0v) is 13.9. The number of hydrogen-bond donors (Lipinski definition) is 0. The molecule has 0 unspecified atom stereocenters. The van der Waals surface area contributed by atoms with Gasteiger partial charge in [0.1, 0.15) is 6.61 Å². The molecule has 2 aliphatic rings. The molecular weight excluding hydrogens is 349 g/mol. The van der Waals surface area contributed by atoms with Gasteiger partial charge in [-0.1, -0.05) is 39.0 Å². The van der Waals surface area contributed by atoms with Gasteiger partial charge in [-0.15, -0.1) is 0 Å². The third kappa shape index (κ3) is 2.30. The molecule has 102 valence electrons. The van der Waals surface area contributed by atoms with E-state index in [-0.39, 0.29) is 10.8 Å². The number of aliphatic imine (C=N–C) groups is 1. The van der Waals surface area contributed by atoms with E-state index in [0.29, 0.717) is 6.04 Å². The molecule has 3 heteroatoms. The quantitative estimate of drug-likeness (QED) is 0.718. The molecule has 0 amide bonds. The number of ether oxygens (including phenoxy) is 1. The molecule has 1 aliphatic carbocycles. The minimum Gasteiger partial charge on any atom is -0.478 e. The second-order valence-corrected chi connectivity index (χ2v) is 7.85. The first-order chi connectivity index (χ1) is 8.93. The maximum atomic E-state index is 5.98. The molecule has 1 fully saturated rings. The summed E-state index contributed by atoms with van der Waals surface area (Å²) >= 11 is 2.42. The Kier molecular flexibility index (Phi) is 3.15. The molecule has 0 bridgehead atoms. The van der Waals surface area contributed by atoms with E-state index >= 15 is 0 Å². The zero-order chi connectivity index (χ0) is 13.7. The van der Waals surface area contributed by atoms with E-state index in [9.17, 15) is 0 Å². The fraction of sp³-hybridized carbons (Fsp3) is 0.562. The summed E-state index contributed by atoms with van der Waals surface area (Å²) < 4.78 is 7.30. The van der Waals surface area contributed by atoms with Crippen molar-refractivity contribution in [3.05, 3.63) is 33.4 Å². The first-order valence-corrected chi connectivity index (χ1v) is 7.97. The molecule has 0 saturated heterocycles. The van der Waals surface area contributed by atoms with E-state index in [4.69, 9.17) is 9.73 Å². The van der Waals surface area contributed by atoms with Crippen LogP contribution >= 0.6 is 22.6 Å². The van der Waals surface area contributed by atoms with Gasteiger partial charge in [-0.3, -0.25) is 0 Å². The molecule has 1 aromatic carbocycles. The molecule has 0 N–H and O–H groups in total. The van der Waals surface area contributed by atoms with Gasteiger partial charge in [0.2, 0.25) is 0 Å². The van der Waals surface area contributed by atoms with Gasteiger partial charge in [0.05, 0.1) is 11.5 Å². The standard InChI is InChI=1S/C16H20INO/c1-15(2,3)13-10-19-14(18-13)16(8-9-16)11-6-4-5-7-12(11)17/h4-7,13H,8-10H2,1-3H3/t13-/m1/s1. The Hall–Kier alpha value is -0.580. The van der Waals surface area contributed by atoms with Crippen molar-refractivity contribution >= 4 is 28.5 Å². The molecule has 3 rings (SSSR count). The lowest BCUT2D eigenvalue weighted by atomic mass is 9.88. The van der Waals surface area contributed by atoms with Crippen molar-refractivity contribution in [3.63, 3.8) is 0 Å². The van der Waals surface area contributed by atoms with Crippen LogP contribution in [0.15, 0.2) is 29.3 Å². The van der Waals surface area contributed by atoms with E-state index in [2.05, 4.69) is 67.6 Å². The Labute approximate surface area is 128 Å². The molecule has 0 aromatic heterocycles. The van der Waals surface area contributed by atoms with Gasteiger partial charge in [-0.05, 0) is 52.5 Å². The molecule has 2 nitrogen and oxygen atoms in total. The monoisotopic (exact) mass is 369 g/mol. The van der Waals surface area contributed by atoms with Gasteiger partial charge < -0.3 is 4.74 Å². The number of halogens is 1. The topological polar surface area (TPSA) is 21.6 Å². The van der Waals surface area contributed by atoms with Gasteiger partial charge in [-0.25, -0.2) is 4.99 Å². The molecular formula is C16H20INO. The Balaban J connectivity index is 1.93. The second kappa shape index (κ2) is 4.47. The lowest BCUT2D eigenvalue weighted by Gasteiger charge is -2.22. The first kappa shape index (κ1) is 13.4. The predicted molar refractivity (Wildman–Crippen MR) is 86.7 cm³/mol. The van der Waals surface area contributed by atoms with Gasteiger partial charge >= 0.3 is 0 Å². The van der Waals surface area contributed by atoms with Gasteiger partial charge in [-0.2, -0.15) is 0 Å².